The van der Waals surface area contributed by atoms with E-state index in [1.54, 1.807) is 24.4 Å². The highest BCUT2D eigenvalue weighted by Crippen LogP contribution is 2.34. The average molecular weight is 416 g/mol. The van der Waals surface area contributed by atoms with E-state index in [-0.39, 0.29) is 17.8 Å². The van der Waals surface area contributed by atoms with Crippen molar-refractivity contribution < 1.29 is 14.3 Å². The number of hydrogen-bond donors (Lipinski definition) is 1. The van der Waals surface area contributed by atoms with Gasteiger partial charge in [-0.2, -0.15) is 10.1 Å². The molecule has 0 spiro atoms. The molecule has 0 atom stereocenters. The molecule has 0 radical (unpaired) electrons. The summed E-state index contributed by atoms with van der Waals surface area (Å²) >= 11 is 0. The van der Waals surface area contributed by atoms with E-state index in [1.807, 2.05) is 35.9 Å². The molecule has 2 heterocycles. The van der Waals surface area contributed by atoms with E-state index in [0.717, 1.165) is 40.5 Å². The van der Waals surface area contributed by atoms with Crippen molar-refractivity contribution in [3.63, 3.8) is 0 Å². The van der Waals surface area contributed by atoms with Crippen molar-refractivity contribution in [1.82, 2.24) is 19.7 Å². The first-order chi connectivity index (χ1) is 15.1. The molecule has 1 aliphatic carbocycles. The number of anilines is 1. The number of esters is 1. The second-order valence-corrected chi connectivity index (χ2v) is 7.36. The van der Waals surface area contributed by atoms with Crippen molar-refractivity contribution in [2.75, 3.05) is 12.5 Å². The number of ether oxygens (including phenoxy) is 2. The summed E-state index contributed by atoms with van der Waals surface area (Å²) in [5.41, 5.74) is 6.07. The molecule has 1 fully saturated rings. The molecule has 1 N–H and O–H groups in total. The van der Waals surface area contributed by atoms with E-state index in [9.17, 15) is 4.79 Å². The Morgan fingerprint density at radius 2 is 2.03 bits per heavy atom. The zero-order chi connectivity index (χ0) is 21.4. The Hall–Kier alpha value is -4.01. The molecule has 1 aliphatic rings. The van der Waals surface area contributed by atoms with Crippen LogP contribution in [0.4, 0.5) is 5.95 Å². The van der Waals surface area contributed by atoms with E-state index >= 15 is 0 Å². The van der Waals surface area contributed by atoms with Gasteiger partial charge < -0.3 is 14.0 Å². The molecule has 5 rings (SSSR count). The molecule has 0 saturated heterocycles. The lowest BCUT2D eigenvalue weighted by Crippen LogP contribution is -2.10. The molecule has 0 unspecified atom stereocenters. The molecule has 9 nitrogen and oxygen atoms in total. The summed E-state index contributed by atoms with van der Waals surface area (Å²) in [6.07, 6.45) is 3.38. The first-order valence-corrected chi connectivity index (χ1v) is 9.90. The van der Waals surface area contributed by atoms with Crippen LogP contribution in [0, 0.1) is 5.92 Å². The summed E-state index contributed by atoms with van der Waals surface area (Å²) in [5.74, 6) is 0.959. The largest absolute Gasteiger partial charge is 0.493 e. The maximum atomic E-state index is 11.9. The lowest BCUT2D eigenvalue weighted by atomic mass is 10.2. The van der Waals surface area contributed by atoms with Gasteiger partial charge >= 0.3 is 5.97 Å². The number of fused-ring (bicyclic) bond motifs is 3. The number of hydrazone groups is 1. The van der Waals surface area contributed by atoms with Gasteiger partial charge in [0.25, 0.3) is 5.95 Å². The number of carbonyl (C=O) groups excluding carboxylic acids is 1. The third-order valence-corrected chi connectivity index (χ3v) is 5.19. The second-order valence-electron chi connectivity index (χ2n) is 7.36. The molecule has 2 aromatic heterocycles. The van der Waals surface area contributed by atoms with Gasteiger partial charge in [-0.05, 0) is 42.7 Å². The van der Waals surface area contributed by atoms with Gasteiger partial charge in [0.2, 0.25) is 0 Å². The van der Waals surface area contributed by atoms with Crippen molar-refractivity contribution in [3.05, 3.63) is 48.0 Å². The highest BCUT2D eigenvalue weighted by atomic mass is 16.6. The van der Waals surface area contributed by atoms with Crippen LogP contribution < -0.4 is 14.9 Å². The van der Waals surface area contributed by atoms with Gasteiger partial charge in [-0.15, -0.1) is 10.2 Å². The highest BCUT2D eigenvalue weighted by Gasteiger charge is 2.32. The van der Waals surface area contributed by atoms with Crippen molar-refractivity contribution in [1.29, 1.82) is 0 Å². The van der Waals surface area contributed by atoms with Gasteiger partial charge in [0, 0.05) is 12.4 Å². The molecule has 9 heteroatoms. The van der Waals surface area contributed by atoms with Crippen molar-refractivity contribution in [3.8, 4) is 11.5 Å². The third-order valence-electron chi connectivity index (χ3n) is 5.19. The fourth-order valence-corrected chi connectivity index (χ4v) is 3.38. The van der Waals surface area contributed by atoms with E-state index in [2.05, 4.69) is 25.7 Å². The number of hydrogen-bond acceptors (Lipinski definition) is 8. The summed E-state index contributed by atoms with van der Waals surface area (Å²) < 4.78 is 12.7. The molecular formula is C22H20N6O3. The monoisotopic (exact) mass is 416 g/mol. The molecule has 0 amide bonds. The zero-order valence-electron chi connectivity index (χ0n) is 17.1. The number of benzene rings is 2. The molecule has 4 aromatic rings. The van der Waals surface area contributed by atoms with Gasteiger partial charge in [0.1, 0.15) is 5.52 Å². The second kappa shape index (κ2) is 7.67. The fourth-order valence-electron chi connectivity index (χ4n) is 3.38. The standard InChI is InChI=1S/C22H20N6O3/c1-28-16-6-4-3-5-15(16)19-20(28)24-22(27-25-19)26-23-12-13-7-10-17(18(11-13)30-2)31-21(29)14-8-9-14/h3-7,10-12,14H,8-9H2,1-2H3,(H,24,26,27)/b23-12+. The van der Waals surface area contributed by atoms with Gasteiger partial charge in [0.15, 0.2) is 17.1 Å². The molecule has 156 valence electrons. The quantitative estimate of drug-likeness (QED) is 0.223. The topological polar surface area (TPSA) is 104 Å². The lowest BCUT2D eigenvalue weighted by molar-refractivity contribution is -0.135. The van der Waals surface area contributed by atoms with Crippen LogP contribution in [-0.4, -0.2) is 39.0 Å². The average Bonchev–Trinajstić information content (AvgIpc) is 3.61. The van der Waals surface area contributed by atoms with Crippen LogP contribution in [-0.2, 0) is 11.8 Å². The Labute approximate surface area is 177 Å². The minimum Gasteiger partial charge on any atom is -0.493 e. The van der Waals surface area contributed by atoms with Crippen LogP contribution in [0.3, 0.4) is 0 Å². The van der Waals surface area contributed by atoms with E-state index < -0.39 is 0 Å². The van der Waals surface area contributed by atoms with Crippen molar-refractivity contribution in [2.24, 2.45) is 18.1 Å². The predicted molar refractivity (Wildman–Crippen MR) is 116 cm³/mol. The number of aromatic nitrogens is 4. The maximum Gasteiger partial charge on any atom is 0.314 e. The number of nitrogens with zero attached hydrogens (tertiary/aromatic N) is 5. The number of methoxy groups -OCH3 is 1. The zero-order valence-corrected chi connectivity index (χ0v) is 17.1. The number of carbonyl (C=O) groups is 1. The van der Waals surface area contributed by atoms with E-state index in [0.29, 0.717) is 11.5 Å². The number of para-hydroxylation sites is 1. The first-order valence-electron chi connectivity index (χ1n) is 9.90. The Balaban J connectivity index is 1.33. The smallest absolute Gasteiger partial charge is 0.314 e. The van der Waals surface area contributed by atoms with Gasteiger partial charge in [-0.3, -0.25) is 4.79 Å². The summed E-state index contributed by atoms with van der Waals surface area (Å²) in [5, 5.41) is 13.6. The van der Waals surface area contributed by atoms with Crippen LogP contribution in [0.15, 0.2) is 47.6 Å². The summed E-state index contributed by atoms with van der Waals surface area (Å²) in [6, 6.07) is 13.2. The summed E-state index contributed by atoms with van der Waals surface area (Å²) in [4.78, 5) is 16.4. The normalized spacial score (nSPS) is 13.7. The first kappa shape index (κ1) is 19.0. The maximum absolute atomic E-state index is 11.9. The minimum absolute atomic E-state index is 0.0166. The van der Waals surface area contributed by atoms with Crippen LogP contribution in [0.5, 0.6) is 11.5 Å². The molecule has 0 aliphatic heterocycles. The fraction of sp³-hybridized carbons (Fsp3) is 0.227. The molecule has 1 saturated carbocycles. The Morgan fingerprint density at radius 3 is 2.84 bits per heavy atom. The minimum atomic E-state index is -0.213. The van der Waals surface area contributed by atoms with Gasteiger partial charge in [-0.1, -0.05) is 18.2 Å². The lowest BCUT2D eigenvalue weighted by Gasteiger charge is -2.09. The van der Waals surface area contributed by atoms with E-state index in [4.69, 9.17) is 9.47 Å². The SMILES string of the molecule is COc1cc(/C=N/Nc2nnc3c4ccccc4n(C)c3n2)ccc1OC(=O)C1CC1. The van der Waals surface area contributed by atoms with Gasteiger partial charge in [0.05, 0.1) is 24.8 Å². The number of rotatable bonds is 6. The van der Waals surface area contributed by atoms with Crippen LogP contribution in [0.1, 0.15) is 18.4 Å². The van der Waals surface area contributed by atoms with Crippen LogP contribution in [0.2, 0.25) is 0 Å². The summed E-state index contributed by atoms with van der Waals surface area (Å²) in [7, 11) is 3.47. The molecule has 0 bridgehead atoms. The van der Waals surface area contributed by atoms with Crippen LogP contribution >= 0.6 is 0 Å². The van der Waals surface area contributed by atoms with Crippen LogP contribution in [0.25, 0.3) is 22.1 Å². The molecule has 31 heavy (non-hydrogen) atoms. The summed E-state index contributed by atoms with van der Waals surface area (Å²) in [6.45, 7) is 0. The molecule has 2 aromatic carbocycles. The van der Waals surface area contributed by atoms with Crippen molar-refractivity contribution in [2.45, 2.75) is 12.8 Å². The highest BCUT2D eigenvalue weighted by molar-refractivity contribution is 6.04. The van der Waals surface area contributed by atoms with Gasteiger partial charge in [-0.25, -0.2) is 5.43 Å². The molecular weight excluding hydrogens is 396 g/mol. The van der Waals surface area contributed by atoms with Crippen molar-refractivity contribution >= 4 is 40.2 Å². The Morgan fingerprint density at radius 1 is 1.19 bits per heavy atom. The van der Waals surface area contributed by atoms with E-state index in [1.165, 1.54) is 7.11 Å². The Kier molecular flexibility index (Phi) is 4.70. The predicted octanol–water partition coefficient (Wildman–Crippen LogP) is 3.29. The number of nitrogens with one attached hydrogen (secondary N) is 1. The Bertz CT molecular complexity index is 1330. The third kappa shape index (κ3) is 3.65. The number of aryl methyl sites for hydroxylation is 1.